The minimum Gasteiger partial charge on any atom is -0.372 e. The molecule has 0 aromatic heterocycles. The number of rotatable bonds is 3. The van der Waals surface area contributed by atoms with E-state index < -0.39 is 17.8 Å². The molecule has 16 heavy (non-hydrogen) atoms. The average molecular weight is 266 g/mol. The molecule has 1 N–H and O–H groups in total. The maximum Gasteiger partial charge on any atom is 0.253 e. The third-order valence-electron chi connectivity index (χ3n) is 1.98. The quantitative estimate of drug-likeness (QED) is 0.912. The molecule has 3 nitrogen and oxygen atoms in total. The Balaban J connectivity index is 2.93. The second-order valence-corrected chi connectivity index (χ2v) is 3.93. The van der Waals surface area contributed by atoms with Crippen LogP contribution in [0.5, 0.6) is 0 Å². The Labute approximate surface area is 102 Å². The van der Waals surface area contributed by atoms with Crippen LogP contribution in [0.2, 0.25) is 10.0 Å². The van der Waals surface area contributed by atoms with E-state index >= 15 is 0 Å². The highest BCUT2D eigenvalue weighted by molar-refractivity contribution is 6.39. The fourth-order valence-corrected chi connectivity index (χ4v) is 1.55. The van der Waals surface area contributed by atoms with Gasteiger partial charge in [0.25, 0.3) is 5.91 Å². The molecule has 0 heterocycles. The van der Waals surface area contributed by atoms with Crippen molar-refractivity contribution in [3.05, 3.63) is 28.0 Å². The molecule has 0 saturated carbocycles. The highest BCUT2D eigenvalue weighted by atomic mass is 35.5. The summed E-state index contributed by atoms with van der Waals surface area (Å²) in [5.74, 6) is -0.967. The van der Waals surface area contributed by atoms with Gasteiger partial charge in [0.05, 0.1) is 15.7 Å². The summed E-state index contributed by atoms with van der Waals surface area (Å²) < 4.78 is 17.7. The lowest BCUT2D eigenvalue weighted by atomic mass is 10.3. The van der Waals surface area contributed by atoms with Crippen LogP contribution in [-0.4, -0.2) is 19.1 Å². The molecule has 1 aromatic rings. The first-order valence-corrected chi connectivity index (χ1v) is 5.19. The molecular weight excluding hydrogens is 256 g/mol. The number of amides is 1. The van der Waals surface area contributed by atoms with Crippen molar-refractivity contribution in [3.8, 4) is 0 Å². The number of nitrogens with one attached hydrogen (secondary N) is 1. The number of hydrogen-bond acceptors (Lipinski definition) is 2. The van der Waals surface area contributed by atoms with Crippen LogP contribution in [0.25, 0.3) is 0 Å². The Morgan fingerprint density at radius 1 is 1.44 bits per heavy atom. The van der Waals surface area contributed by atoms with Crippen molar-refractivity contribution >= 4 is 34.8 Å². The second-order valence-electron chi connectivity index (χ2n) is 3.11. The van der Waals surface area contributed by atoms with Gasteiger partial charge in [0.2, 0.25) is 0 Å². The van der Waals surface area contributed by atoms with Gasteiger partial charge in [-0.3, -0.25) is 4.79 Å². The molecular formula is C10H10Cl2FNO2. The van der Waals surface area contributed by atoms with Crippen molar-refractivity contribution < 1.29 is 13.9 Å². The standard InChI is InChI=1S/C10H10Cl2FNO2/c1-5(16-2)10(15)14-9-7(11)3-6(13)4-8(9)12/h3-5H,1-2H3,(H,14,15). The molecule has 6 heteroatoms. The Morgan fingerprint density at radius 3 is 2.38 bits per heavy atom. The van der Waals surface area contributed by atoms with Gasteiger partial charge in [-0.05, 0) is 19.1 Å². The number of carbonyl (C=O) groups excluding carboxylic acids is 1. The lowest BCUT2D eigenvalue weighted by Gasteiger charge is -2.12. The number of halogens is 3. The summed E-state index contributed by atoms with van der Waals surface area (Å²) in [7, 11) is 1.40. The van der Waals surface area contributed by atoms with Crippen LogP contribution in [0.4, 0.5) is 10.1 Å². The normalized spacial score (nSPS) is 12.3. The topological polar surface area (TPSA) is 38.3 Å². The van der Waals surface area contributed by atoms with Gasteiger partial charge in [-0.2, -0.15) is 0 Å². The van der Waals surface area contributed by atoms with E-state index in [1.54, 1.807) is 6.92 Å². The minimum atomic E-state index is -0.641. The Kier molecular flexibility index (Phi) is 4.53. The summed E-state index contributed by atoms with van der Waals surface area (Å²) in [5.41, 5.74) is 0.179. The van der Waals surface area contributed by atoms with Crippen LogP contribution in [0.1, 0.15) is 6.92 Å². The van der Waals surface area contributed by atoms with Crippen LogP contribution in [0.15, 0.2) is 12.1 Å². The Hall–Kier alpha value is -0.840. The summed E-state index contributed by atoms with van der Waals surface area (Å²) in [4.78, 5) is 11.5. The van der Waals surface area contributed by atoms with Crippen LogP contribution in [-0.2, 0) is 9.53 Å². The predicted octanol–water partition coefficient (Wildman–Crippen LogP) is 3.11. The molecule has 0 saturated heterocycles. The smallest absolute Gasteiger partial charge is 0.253 e. The molecule has 1 aromatic carbocycles. The molecule has 1 unspecified atom stereocenters. The first-order chi connectivity index (χ1) is 7.45. The molecule has 0 bridgehead atoms. The number of anilines is 1. The van der Waals surface area contributed by atoms with Crippen LogP contribution in [0, 0.1) is 5.82 Å². The molecule has 0 aliphatic rings. The molecule has 1 amide bonds. The largest absolute Gasteiger partial charge is 0.372 e. The summed E-state index contributed by atoms with van der Waals surface area (Å²) in [5, 5.41) is 2.55. The highest BCUT2D eigenvalue weighted by Crippen LogP contribution is 2.31. The van der Waals surface area contributed by atoms with E-state index in [-0.39, 0.29) is 15.7 Å². The molecule has 0 aliphatic carbocycles. The van der Waals surface area contributed by atoms with Crippen molar-refractivity contribution in [1.82, 2.24) is 0 Å². The van der Waals surface area contributed by atoms with Crippen LogP contribution in [0.3, 0.4) is 0 Å². The SMILES string of the molecule is COC(C)C(=O)Nc1c(Cl)cc(F)cc1Cl. The fraction of sp³-hybridized carbons (Fsp3) is 0.300. The van der Waals surface area contributed by atoms with Crippen LogP contribution < -0.4 is 5.32 Å². The third-order valence-corrected chi connectivity index (χ3v) is 2.57. The number of methoxy groups -OCH3 is 1. The van der Waals surface area contributed by atoms with E-state index in [1.165, 1.54) is 7.11 Å². The number of ether oxygens (including phenoxy) is 1. The van der Waals surface area contributed by atoms with Crippen molar-refractivity contribution in [2.24, 2.45) is 0 Å². The Bertz CT molecular complexity index is 389. The maximum absolute atomic E-state index is 12.9. The first kappa shape index (κ1) is 13.2. The molecule has 0 spiro atoms. The molecule has 1 rings (SSSR count). The van der Waals surface area contributed by atoms with E-state index in [1.807, 2.05) is 0 Å². The predicted molar refractivity (Wildman–Crippen MR) is 61.5 cm³/mol. The molecule has 88 valence electrons. The third kappa shape index (κ3) is 3.07. The van der Waals surface area contributed by atoms with Gasteiger partial charge in [0.1, 0.15) is 11.9 Å². The number of carbonyl (C=O) groups is 1. The molecule has 1 atom stereocenters. The van der Waals surface area contributed by atoms with Gasteiger partial charge < -0.3 is 10.1 Å². The minimum absolute atomic E-state index is 0.0432. The van der Waals surface area contributed by atoms with Crippen LogP contribution >= 0.6 is 23.2 Å². The van der Waals surface area contributed by atoms with E-state index in [9.17, 15) is 9.18 Å². The average Bonchev–Trinajstić information content (AvgIpc) is 2.21. The molecule has 0 radical (unpaired) electrons. The Morgan fingerprint density at radius 2 is 1.94 bits per heavy atom. The zero-order valence-electron chi connectivity index (χ0n) is 8.68. The lowest BCUT2D eigenvalue weighted by Crippen LogP contribution is -2.26. The van der Waals surface area contributed by atoms with Gasteiger partial charge in [-0.1, -0.05) is 23.2 Å². The van der Waals surface area contributed by atoms with Crippen molar-refractivity contribution in [2.45, 2.75) is 13.0 Å². The number of hydrogen-bond donors (Lipinski definition) is 1. The van der Waals surface area contributed by atoms with E-state index in [2.05, 4.69) is 5.32 Å². The highest BCUT2D eigenvalue weighted by Gasteiger charge is 2.16. The number of benzene rings is 1. The summed E-state index contributed by atoms with van der Waals surface area (Å²) in [6.07, 6.45) is -0.641. The first-order valence-electron chi connectivity index (χ1n) is 4.44. The van der Waals surface area contributed by atoms with E-state index in [0.717, 1.165) is 12.1 Å². The second kappa shape index (κ2) is 5.48. The van der Waals surface area contributed by atoms with Crippen molar-refractivity contribution in [3.63, 3.8) is 0 Å². The van der Waals surface area contributed by atoms with Gasteiger partial charge in [0, 0.05) is 7.11 Å². The summed E-state index contributed by atoms with van der Waals surface area (Å²) in [6.45, 7) is 1.57. The van der Waals surface area contributed by atoms with Crippen molar-refractivity contribution in [2.75, 3.05) is 12.4 Å². The van der Waals surface area contributed by atoms with E-state index in [4.69, 9.17) is 27.9 Å². The zero-order chi connectivity index (χ0) is 12.3. The molecule has 0 fully saturated rings. The summed E-state index contributed by atoms with van der Waals surface area (Å²) >= 11 is 11.5. The van der Waals surface area contributed by atoms with Gasteiger partial charge in [-0.25, -0.2) is 4.39 Å². The fourth-order valence-electron chi connectivity index (χ4n) is 0.993. The maximum atomic E-state index is 12.9. The monoisotopic (exact) mass is 265 g/mol. The lowest BCUT2D eigenvalue weighted by molar-refractivity contribution is -0.124. The van der Waals surface area contributed by atoms with Gasteiger partial charge in [0.15, 0.2) is 0 Å². The summed E-state index contributed by atoms with van der Waals surface area (Å²) in [6, 6.07) is 2.14. The van der Waals surface area contributed by atoms with Gasteiger partial charge in [-0.15, -0.1) is 0 Å². The van der Waals surface area contributed by atoms with E-state index in [0.29, 0.717) is 0 Å². The van der Waals surface area contributed by atoms with Gasteiger partial charge >= 0.3 is 0 Å². The molecule has 0 aliphatic heterocycles. The zero-order valence-corrected chi connectivity index (χ0v) is 10.2. The van der Waals surface area contributed by atoms with Crippen molar-refractivity contribution in [1.29, 1.82) is 0 Å².